The third-order valence-electron chi connectivity index (χ3n) is 7.91. The molecule has 2 atom stereocenters. The minimum Gasteiger partial charge on any atom is -0.496 e. The monoisotopic (exact) mass is 533 g/mol. The van der Waals surface area contributed by atoms with E-state index < -0.39 is 11.7 Å². The van der Waals surface area contributed by atoms with Crippen LogP contribution < -0.4 is 9.64 Å². The van der Waals surface area contributed by atoms with E-state index in [-0.39, 0.29) is 5.97 Å². The van der Waals surface area contributed by atoms with Gasteiger partial charge in [-0.25, -0.2) is 0 Å². The molecule has 2 aliphatic rings. The molecule has 0 spiro atoms. The molecule has 2 fully saturated rings. The van der Waals surface area contributed by atoms with Crippen molar-refractivity contribution in [3.05, 3.63) is 59.2 Å². The second-order valence-electron chi connectivity index (χ2n) is 10.3. The maximum atomic E-state index is 13.2. The van der Waals surface area contributed by atoms with E-state index in [1.807, 2.05) is 17.9 Å². The van der Waals surface area contributed by atoms with E-state index in [1.54, 1.807) is 13.2 Å². The highest BCUT2D eigenvalue weighted by atomic mass is 19.4. The van der Waals surface area contributed by atoms with Crippen molar-refractivity contribution in [3.8, 4) is 5.75 Å². The first-order valence-electron chi connectivity index (χ1n) is 13.3. The maximum Gasteiger partial charge on any atom is 0.416 e. The summed E-state index contributed by atoms with van der Waals surface area (Å²) >= 11 is 0. The number of methoxy groups -OCH3 is 2. The van der Waals surface area contributed by atoms with Gasteiger partial charge in [0.05, 0.1) is 19.8 Å². The van der Waals surface area contributed by atoms with Crippen LogP contribution in [0.5, 0.6) is 5.75 Å². The Morgan fingerprint density at radius 3 is 2.45 bits per heavy atom. The number of piperazine rings is 1. The zero-order valence-electron chi connectivity index (χ0n) is 22.5. The smallest absolute Gasteiger partial charge is 0.416 e. The second kappa shape index (κ2) is 12.4. The molecule has 0 saturated carbocycles. The summed E-state index contributed by atoms with van der Waals surface area (Å²) < 4.78 is 49.9. The van der Waals surface area contributed by atoms with Gasteiger partial charge in [-0.3, -0.25) is 14.6 Å². The van der Waals surface area contributed by atoms with Crippen LogP contribution in [0.3, 0.4) is 0 Å². The molecule has 2 aromatic rings. The molecule has 0 bridgehead atoms. The van der Waals surface area contributed by atoms with Gasteiger partial charge in [0.1, 0.15) is 5.75 Å². The summed E-state index contributed by atoms with van der Waals surface area (Å²) in [5, 5.41) is 0. The van der Waals surface area contributed by atoms with Crippen molar-refractivity contribution >= 4 is 11.7 Å². The molecule has 0 unspecified atom stereocenters. The summed E-state index contributed by atoms with van der Waals surface area (Å²) in [5.74, 6) is 0.996. The average Bonchev–Trinajstić information content (AvgIpc) is 2.91. The van der Waals surface area contributed by atoms with Gasteiger partial charge in [0, 0.05) is 57.4 Å². The van der Waals surface area contributed by atoms with Gasteiger partial charge in [-0.2, -0.15) is 13.2 Å². The minimum atomic E-state index is -4.34. The minimum absolute atomic E-state index is 0.194. The predicted molar refractivity (Wildman–Crippen MR) is 141 cm³/mol. The molecular formula is C29H38F3N3O3. The fraction of sp³-hybridized carbons (Fsp3) is 0.552. The van der Waals surface area contributed by atoms with Crippen molar-refractivity contribution < 1.29 is 27.4 Å². The summed E-state index contributed by atoms with van der Waals surface area (Å²) in [6, 6.07) is 12.2. The molecular weight excluding hydrogens is 495 g/mol. The number of carbonyl (C=O) groups is 1. The van der Waals surface area contributed by atoms with Crippen LogP contribution >= 0.6 is 0 Å². The number of benzene rings is 2. The first-order valence-corrected chi connectivity index (χ1v) is 13.3. The molecule has 38 heavy (non-hydrogen) atoms. The SMILES string of the molecule is COC(=O)CC[C@H]1CN(Cc2ccc(OC)c(C)c2)CC[C@H]1N1CCN(c2cccc(C(F)(F)F)c2)CC1. The van der Waals surface area contributed by atoms with Gasteiger partial charge < -0.3 is 14.4 Å². The molecule has 2 aromatic carbocycles. The van der Waals surface area contributed by atoms with Crippen LogP contribution in [-0.2, 0) is 22.3 Å². The van der Waals surface area contributed by atoms with Crippen LogP contribution in [0.1, 0.15) is 36.0 Å². The first kappa shape index (κ1) is 28.2. The van der Waals surface area contributed by atoms with E-state index in [1.165, 1.54) is 24.8 Å². The predicted octanol–water partition coefficient (Wildman–Crippen LogP) is 4.99. The molecule has 6 nitrogen and oxygen atoms in total. The first-order chi connectivity index (χ1) is 18.2. The second-order valence-corrected chi connectivity index (χ2v) is 10.3. The normalized spacial score (nSPS) is 21.4. The van der Waals surface area contributed by atoms with Crippen molar-refractivity contribution in [2.45, 2.75) is 44.9 Å². The van der Waals surface area contributed by atoms with Gasteiger partial charge in [-0.15, -0.1) is 0 Å². The number of piperidine rings is 1. The van der Waals surface area contributed by atoms with Gasteiger partial charge in [0.25, 0.3) is 0 Å². The van der Waals surface area contributed by atoms with Gasteiger partial charge >= 0.3 is 12.1 Å². The van der Waals surface area contributed by atoms with Crippen molar-refractivity contribution in [1.82, 2.24) is 9.80 Å². The Bertz CT molecular complexity index is 1090. The summed E-state index contributed by atoms with van der Waals surface area (Å²) in [6.07, 6.45) is -2.21. The molecule has 9 heteroatoms. The van der Waals surface area contributed by atoms with E-state index in [2.05, 4.69) is 21.9 Å². The lowest BCUT2D eigenvalue weighted by Gasteiger charge is -2.47. The van der Waals surface area contributed by atoms with Crippen LogP contribution in [-0.4, -0.2) is 75.3 Å². The number of halogens is 3. The van der Waals surface area contributed by atoms with Crippen molar-refractivity contribution in [1.29, 1.82) is 0 Å². The number of likely N-dealkylation sites (tertiary alicyclic amines) is 1. The molecule has 2 heterocycles. The standard InChI is InChI=1S/C29H38F3N3O3/c1-21-17-22(7-9-27(21)37-2)19-33-12-11-26(23(20-33)8-10-28(36)38-3)35-15-13-34(14-16-35)25-6-4-5-24(18-25)29(30,31)32/h4-7,9,17-18,23,26H,8,10-16,19-20H2,1-3H3/t23-,26+/m0/s1. The molecule has 2 aliphatic heterocycles. The van der Waals surface area contributed by atoms with Crippen LogP contribution in [0.2, 0.25) is 0 Å². The Labute approximate surface area is 223 Å². The summed E-state index contributed by atoms with van der Waals surface area (Å²) in [5.41, 5.74) is 2.36. The highest BCUT2D eigenvalue weighted by molar-refractivity contribution is 5.69. The maximum absolute atomic E-state index is 13.2. The van der Waals surface area contributed by atoms with Gasteiger partial charge in [0.2, 0.25) is 0 Å². The Hall–Kier alpha value is -2.78. The largest absolute Gasteiger partial charge is 0.496 e. The van der Waals surface area contributed by atoms with E-state index in [0.29, 0.717) is 37.2 Å². The third kappa shape index (κ3) is 6.99. The van der Waals surface area contributed by atoms with E-state index >= 15 is 0 Å². The lowest BCUT2D eigenvalue weighted by molar-refractivity contribution is -0.141. The van der Waals surface area contributed by atoms with Crippen LogP contribution in [0.4, 0.5) is 18.9 Å². The number of nitrogens with zero attached hydrogens (tertiary/aromatic N) is 3. The summed E-state index contributed by atoms with van der Waals surface area (Å²) in [4.78, 5) is 18.9. The van der Waals surface area contributed by atoms with E-state index in [9.17, 15) is 18.0 Å². The molecule has 0 N–H and O–H groups in total. The highest BCUT2D eigenvalue weighted by Crippen LogP contribution is 2.33. The molecule has 2 saturated heterocycles. The number of hydrogen-bond acceptors (Lipinski definition) is 6. The number of alkyl halides is 3. The third-order valence-corrected chi connectivity index (χ3v) is 7.91. The summed E-state index contributed by atoms with van der Waals surface area (Å²) in [6.45, 7) is 7.66. The number of aryl methyl sites for hydroxylation is 1. The molecule has 0 amide bonds. The average molecular weight is 534 g/mol. The molecule has 4 rings (SSSR count). The Kier molecular flexibility index (Phi) is 9.20. The lowest BCUT2D eigenvalue weighted by atomic mass is 9.86. The number of anilines is 1. The van der Waals surface area contributed by atoms with Crippen LogP contribution in [0.15, 0.2) is 42.5 Å². The van der Waals surface area contributed by atoms with Crippen LogP contribution in [0.25, 0.3) is 0 Å². The molecule has 0 radical (unpaired) electrons. The number of hydrogen-bond donors (Lipinski definition) is 0. The number of ether oxygens (including phenoxy) is 2. The Morgan fingerprint density at radius 2 is 1.79 bits per heavy atom. The topological polar surface area (TPSA) is 45.2 Å². The lowest BCUT2D eigenvalue weighted by Crippen LogP contribution is -2.56. The molecule has 0 aliphatic carbocycles. The zero-order valence-corrected chi connectivity index (χ0v) is 22.5. The summed E-state index contributed by atoms with van der Waals surface area (Å²) in [7, 11) is 3.10. The number of rotatable bonds is 8. The fourth-order valence-corrected chi connectivity index (χ4v) is 5.90. The molecule has 208 valence electrons. The van der Waals surface area contributed by atoms with Gasteiger partial charge in [-0.1, -0.05) is 18.2 Å². The quantitative estimate of drug-likeness (QED) is 0.446. The number of carbonyl (C=O) groups excluding carboxylic acids is 1. The fourth-order valence-electron chi connectivity index (χ4n) is 5.90. The zero-order chi connectivity index (χ0) is 27.3. The van der Waals surface area contributed by atoms with Gasteiger partial charge in [0.15, 0.2) is 0 Å². The highest BCUT2D eigenvalue weighted by Gasteiger charge is 2.36. The van der Waals surface area contributed by atoms with E-state index in [4.69, 9.17) is 9.47 Å². The van der Waals surface area contributed by atoms with Crippen LogP contribution in [0, 0.1) is 12.8 Å². The van der Waals surface area contributed by atoms with Crippen molar-refractivity contribution in [2.75, 3.05) is 58.4 Å². The number of esters is 1. The van der Waals surface area contributed by atoms with Crippen molar-refractivity contribution in [3.63, 3.8) is 0 Å². The Balaban J connectivity index is 1.40. The Morgan fingerprint density at radius 1 is 1.03 bits per heavy atom. The molecule has 0 aromatic heterocycles. The van der Waals surface area contributed by atoms with Crippen molar-refractivity contribution in [2.24, 2.45) is 5.92 Å². The van der Waals surface area contributed by atoms with Gasteiger partial charge in [-0.05, 0) is 67.6 Å². The van der Waals surface area contributed by atoms with E-state index in [0.717, 1.165) is 62.9 Å².